The first kappa shape index (κ1) is 13.4. The lowest BCUT2D eigenvalue weighted by atomic mass is 9.82. The molecule has 0 unspecified atom stereocenters. The predicted octanol–water partition coefficient (Wildman–Crippen LogP) is 5.12. The summed E-state index contributed by atoms with van der Waals surface area (Å²) in [6.45, 7) is 5.38. The van der Waals surface area contributed by atoms with Crippen LogP contribution in [-0.2, 0) is 4.74 Å². The van der Waals surface area contributed by atoms with Crippen LogP contribution in [0, 0.1) is 5.92 Å². The van der Waals surface area contributed by atoms with E-state index >= 15 is 0 Å². The summed E-state index contributed by atoms with van der Waals surface area (Å²) in [7, 11) is 0. The third-order valence-corrected chi connectivity index (χ3v) is 5.73. The molecule has 1 fully saturated rings. The van der Waals surface area contributed by atoms with Crippen molar-refractivity contribution in [1.82, 2.24) is 0 Å². The van der Waals surface area contributed by atoms with Gasteiger partial charge in [-0.25, -0.2) is 0 Å². The number of nitrogens with one attached hydrogen (secondary N) is 1. The van der Waals surface area contributed by atoms with Crippen molar-refractivity contribution in [3.05, 3.63) is 51.7 Å². The van der Waals surface area contributed by atoms with Crippen molar-refractivity contribution in [3.63, 3.8) is 0 Å². The van der Waals surface area contributed by atoms with Gasteiger partial charge in [-0.1, -0.05) is 32.0 Å². The largest absolute Gasteiger partial charge is 0.377 e. The highest BCUT2D eigenvalue weighted by Gasteiger charge is 2.41. The average molecular weight is 299 g/mol. The summed E-state index contributed by atoms with van der Waals surface area (Å²) in [5.74, 6) is 1.11. The zero-order valence-electron chi connectivity index (χ0n) is 12.5. The summed E-state index contributed by atoms with van der Waals surface area (Å²) in [4.78, 5) is 1.43. The maximum atomic E-state index is 6.11. The van der Waals surface area contributed by atoms with Gasteiger partial charge in [0.15, 0.2) is 0 Å². The van der Waals surface area contributed by atoms with Gasteiger partial charge in [0, 0.05) is 28.7 Å². The fraction of sp³-hybridized carbons (Fsp3) is 0.444. The van der Waals surface area contributed by atoms with Crippen LogP contribution in [0.2, 0.25) is 0 Å². The van der Waals surface area contributed by atoms with Crippen LogP contribution in [0.25, 0.3) is 0 Å². The molecule has 2 aromatic rings. The van der Waals surface area contributed by atoms with Gasteiger partial charge in [0.2, 0.25) is 0 Å². The van der Waals surface area contributed by atoms with Gasteiger partial charge in [-0.05, 0) is 35.4 Å². The highest BCUT2D eigenvalue weighted by atomic mass is 32.1. The molecule has 1 aromatic carbocycles. The van der Waals surface area contributed by atoms with Crippen molar-refractivity contribution in [2.45, 2.75) is 38.3 Å². The van der Waals surface area contributed by atoms with Gasteiger partial charge in [0.05, 0.1) is 12.1 Å². The van der Waals surface area contributed by atoms with Gasteiger partial charge in [-0.15, -0.1) is 11.3 Å². The first-order valence-corrected chi connectivity index (χ1v) is 8.67. The second-order valence-corrected chi connectivity index (χ2v) is 7.36. The van der Waals surface area contributed by atoms with Gasteiger partial charge in [0.25, 0.3) is 0 Å². The molecule has 1 saturated heterocycles. The van der Waals surface area contributed by atoms with Gasteiger partial charge in [0.1, 0.15) is 0 Å². The number of hydrogen-bond acceptors (Lipinski definition) is 3. The van der Waals surface area contributed by atoms with Crippen LogP contribution in [0.1, 0.15) is 54.3 Å². The van der Waals surface area contributed by atoms with Gasteiger partial charge >= 0.3 is 0 Å². The summed E-state index contributed by atoms with van der Waals surface area (Å²) < 4.78 is 6.11. The molecule has 1 N–H and O–H groups in total. The molecule has 0 amide bonds. The summed E-state index contributed by atoms with van der Waals surface area (Å²) in [5.41, 5.74) is 4.01. The monoisotopic (exact) mass is 299 g/mol. The molecule has 0 spiro atoms. The second-order valence-electron chi connectivity index (χ2n) is 6.38. The number of hydrogen-bond donors (Lipinski definition) is 1. The molecular weight excluding hydrogens is 278 g/mol. The summed E-state index contributed by atoms with van der Waals surface area (Å²) in [6, 6.07) is 11.6. The van der Waals surface area contributed by atoms with Crippen LogP contribution < -0.4 is 5.32 Å². The number of ether oxygens (including phenoxy) is 1. The van der Waals surface area contributed by atoms with E-state index in [1.165, 1.54) is 21.7 Å². The Hall–Kier alpha value is -1.32. The third-order valence-electron chi connectivity index (χ3n) is 4.78. The lowest BCUT2D eigenvalue weighted by Gasteiger charge is -2.36. The Labute approximate surface area is 130 Å². The summed E-state index contributed by atoms with van der Waals surface area (Å²) >= 11 is 1.84. The van der Waals surface area contributed by atoms with Crippen molar-refractivity contribution >= 4 is 17.0 Å². The van der Waals surface area contributed by atoms with E-state index in [4.69, 9.17) is 4.74 Å². The quantitative estimate of drug-likeness (QED) is 0.831. The first-order chi connectivity index (χ1) is 10.2. The lowest BCUT2D eigenvalue weighted by molar-refractivity contribution is 0.0831. The molecule has 3 heterocycles. The fourth-order valence-electron chi connectivity index (χ4n) is 3.60. The topological polar surface area (TPSA) is 21.3 Å². The molecule has 21 heavy (non-hydrogen) atoms. The standard InChI is InChI=1S/C18H21NOS/c1-11(2)12-5-6-15-14(10-12)18-13(7-8-20-18)17(19-15)16-4-3-9-21-16/h3-6,9-11,13,17-19H,7-8H2,1-2H3/t13-,17+,18-/m1/s1. The lowest BCUT2D eigenvalue weighted by Crippen LogP contribution is -2.28. The normalized spacial score (nSPS) is 27.3. The molecule has 3 atom stereocenters. The van der Waals surface area contributed by atoms with Crippen molar-refractivity contribution < 1.29 is 4.74 Å². The molecule has 0 bridgehead atoms. The first-order valence-electron chi connectivity index (χ1n) is 7.79. The van der Waals surface area contributed by atoms with Crippen LogP contribution in [0.15, 0.2) is 35.7 Å². The van der Waals surface area contributed by atoms with Crippen LogP contribution in [0.5, 0.6) is 0 Å². The van der Waals surface area contributed by atoms with Crippen molar-refractivity contribution in [2.75, 3.05) is 11.9 Å². The minimum absolute atomic E-state index is 0.257. The van der Waals surface area contributed by atoms with E-state index in [2.05, 4.69) is 54.9 Å². The van der Waals surface area contributed by atoms with Gasteiger partial charge in [-0.2, -0.15) is 0 Å². The maximum Gasteiger partial charge on any atom is 0.0897 e. The molecule has 110 valence electrons. The number of fused-ring (bicyclic) bond motifs is 3. The van der Waals surface area contributed by atoms with E-state index in [1.807, 2.05) is 11.3 Å². The van der Waals surface area contributed by atoms with Crippen LogP contribution in [0.4, 0.5) is 5.69 Å². The van der Waals surface area contributed by atoms with Crippen molar-refractivity contribution in [3.8, 4) is 0 Å². The van der Waals surface area contributed by atoms with E-state index in [9.17, 15) is 0 Å². The highest BCUT2D eigenvalue weighted by Crippen LogP contribution is 2.50. The summed E-state index contributed by atoms with van der Waals surface area (Å²) in [5, 5.41) is 5.93. The van der Waals surface area contributed by atoms with Crippen LogP contribution in [-0.4, -0.2) is 6.61 Å². The minimum atomic E-state index is 0.257. The number of thiophene rings is 1. The molecule has 2 aliphatic rings. The molecule has 2 nitrogen and oxygen atoms in total. The molecule has 0 saturated carbocycles. The van der Waals surface area contributed by atoms with E-state index in [-0.39, 0.29) is 6.10 Å². The van der Waals surface area contributed by atoms with Crippen molar-refractivity contribution in [1.29, 1.82) is 0 Å². The van der Waals surface area contributed by atoms with E-state index in [0.29, 0.717) is 17.9 Å². The number of rotatable bonds is 2. The van der Waals surface area contributed by atoms with Crippen molar-refractivity contribution in [2.24, 2.45) is 5.92 Å². The molecule has 4 rings (SSSR count). The number of anilines is 1. The zero-order chi connectivity index (χ0) is 14.4. The van der Waals surface area contributed by atoms with E-state index < -0.39 is 0 Å². The van der Waals surface area contributed by atoms with E-state index in [1.54, 1.807) is 0 Å². The maximum absolute atomic E-state index is 6.11. The fourth-order valence-corrected chi connectivity index (χ4v) is 4.45. The number of benzene rings is 1. The zero-order valence-corrected chi connectivity index (χ0v) is 13.3. The van der Waals surface area contributed by atoms with E-state index in [0.717, 1.165) is 13.0 Å². The minimum Gasteiger partial charge on any atom is -0.377 e. The Balaban J connectivity index is 1.77. The average Bonchev–Trinajstić information content (AvgIpc) is 3.17. The summed E-state index contributed by atoms with van der Waals surface area (Å²) in [6.07, 6.45) is 1.40. The smallest absolute Gasteiger partial charge is 0.0897 e. The predicted molar refractivity (Wildman–Crippen MR) is 88.0 cm³/mol. The molecule has 0 aliphatic carbocycles. The Morgan fingerprint density at radius 3 is 2.95 bits per heavy atom. The van der Waals surface area contributed by atoms with Crippen LogP contribution in [0.3, 0.4) is 0 Å². The Morgan fingerprint density at radius 1 is 1.29 bits per heavy atom. The van der Waals surface area contributed by atoms with Crippen LogP contribution >= 0.6 is 11.3 Å². The Morgan fingerprint density at radius 2 is 2.19 bits per heavy atom. The molecule has 0 radical (unpaired) electrons. The SMILES string of the molecule is CC(C)c1ccc2c(c1)[C@@H]1OCC[C@@H]1[C@@H](c1cccs1)N2. The highest BCUT2D eigenvalue weighted by molar-refractivity contribution is 7.10. The Kier molecular flexibility index (Phi) is 3.27. The third kappa shape index (κ3) is 2.19. The molecule has 2 aliphatic heterocycles. The Bertz CT molecular complexity index is 635. The molecule has 1 aromatic heterocycles. The second kappa shape index (κ2) is 5.15. The molecule has 3 heteroatoms. The molecular formula is C18H21NOS. The van der Waals surface area contributed by atoms with Gasteiger partial charge in [-0.3, -0.25) is 0 Å². The van der Waals surface area contributed by atoms with Gasteiger partial charge < -0.3 is 10.1 Å².